The Kier molecular flexibility index (Phi) is 43.6. The van der Waals surface area contributed by atoms with Crippen LogP contribution in [0.25, 0.3) is 22.3 Å². The molecule has 6 aromatic carbocycles. The van der Waals surface area contributed by atoms with Gasteiger partial charge < -0.3 is 72.3 Å². The molecule has 10 heterocycles. The number of hydrogen-bond donors (Lipinski definition) is 3. The van der Waals surface area contributed by atoms with Gasteiger partial charge in [0.25, 0.3) is 0 Å². The summed E-state index contributed by atoms with van der Waals surface area (Å²) in [6, 6.07) is 45.0. The van der Waals surface area contributed by atoms with E-state index in [2.05, 4.69) is 180 Å². The summed E-state index contributed by atoms with van der Waals surface area (Å²) < 4.78 is 229. The van der Waals surface area contributed by atoms with E-state index in [1.165, 1.54) is 51.6 Å². The lowest BCUT2D eigenvalue weighted by Crippen LogP contribution is -2.49. The van der Waals surface area contributed by atoms with Crippen LogP contribution < -0.4 is 48.3 Å². The number of nitrogens with one attached hydrogen (secondary N) is 1. The molecule has 0 bridgehead atoms. The molecule has 3 aromatic heterocycles. The first-order chi connectivity index (χ1) is 63.1. The van der Waals surface area contributed by atoms with Gasteiger partial charge >= 0.3 is 71.8 Å². The number of ether oxygens (including phenoxy) is 7. The highest BCUT2D eigenvalue weighted by molar-refractivity contribution is 9.11. The number of methoxy groups -OCH3 is 3. The van der Waals surface area contributed by atoms with Crippen molar-refractivity contribution in [3.63, 3.8) is 0 Å². The Morgan fingerprint density at radius 3 is 1.14 bits per heavy atom. The number of nitrogens with zero attached hydrogens (tertiary/aromatic N) is 11. The van der Waals surface area contributed by atoms with Gasteiger partial charge in [0.05, 0.1) is 53.4 Å². The summed E-state index contributed by atoms with van der Waals surface area (Å²) in [5.41, 5.74) is -10.9. The summed E-state index contributed by atoms with van der Waals surface area (Å²) in [4.78, 5) is 54.9. The number of para-hydroxylation sites is 1. The topological polar surface area (TPSA) is 356 Å². The Labute approximate surface area is 809 Å². The maximum atomic E-state index is 12.4. The third-order valence-electron chi connectivity index (χ3n) is 19.8. The van der Waals surface area contributed by atoms with Crippen LogP contribution in [0, 0.1) is 0 Å². The number of ketones is 2. The number of sulfonamides is 2. The third kappa shape index (κ3) is 34.0. The van der Waals surface area contributed by atoms with E-state index < -0.39 is 63.2 Å². The van der Waals surface area contributed by atoms with Crippen molar-refractivity contribution in [2.45, 2.75) is 85.9 Å². The quantitative estimate of drug-likeness (QED) is 0.0282. The van der Waals surface area contributed by atoms with Gasteiger partial charge in [-0.1, -0.05) is 124 Å². The molecule has 1 atom stereocenters. The first-order valence-electron chi connectivity index (χ1n) is 40.6. The number of carbonyl (C=O) groups excluding carboxylic acids is 2. The zero-order chi connectivity index (χ0) is 97.2. The van der Waals surface area contributed by atoms with Crippen molar-refractivity contribution < 1.29 is 122 Å². The Morgan fingerprint density at radius 1 is 0.466 bits per heavy atom. The van der Waals surface area contributed by atoms with Gasteiger partial charge in [0.1, 0.15) is 24.9 Å². The Hall–Kier alpha value is -8.45. The molecule has 3 N–H and O–H groups in total. The molecule has 133 heavy (non-hydrogen) atoms. The number of anilines is 5. The molecule has 7 aliphatic heterocycles. The number of carbonyl (C=O) groups is 2. The Balaban J connectivity index is 0.000000213. The molecular formula is C83H94B2Br4ClF9N12O18PS3. The minimum Gasteiger partial charge on any atom is -0.467 e. The van der Waals surface area contributed by atoms with Crippen LogP contribution >= 0.6 is 85.2 Å². The predicted molar refractivity (Wildman–Crippen MR) is 506 cm³/mol. The lowest BCUT2D eigenvalue weighted by Gasteiger charge is -2.38. The number of benzene rings is 6. The zero-order valence-electron chi connectivity index (χ0n) is 72.4. The van der Waals surface area contributed by atoms with E-state index in [9.17, 15) is 74.4 Å². The average Bonchev–Trinajstić information content (AvgIpc) is 0.821. The second-order valence-electron chi connectivity index (χ2n) is 28.6. The first-order valence-corrected chi connectivity index (χ1v) is 48.2. The average molecular weight is 2220 g/mol. The molecule has 0 saturated carbocycles. The second-order valence-corrected chi connectivity index (χ2v) is 37.6. The molecule has 1 radical (unpaired) electrons. The first kappa shape index (κ1) is 110. The number of Topliss-reactive ketones (excluding diaryl/α,β-unsaturated/α-hetero) is 2. The van der Waals surface area contributed by atoms with Gasteiger partial charge in [-0.05, 0) is 110 Å². The van der Waals surface area contributed by atoms with E-state index >= 15 is 0 Å². The van der Waals surface area contributed by atoms with Gasteiger partial charge in [0, 0.05) is 218 Å². The second kappa shape index (κ2) is 52.8. The van der Waals surface area contributed by atoms with Crippen LogP contribution in [-0.2, 0) is 62.9 Å². The molecule has 7 aliphatic rings. The summed E-state index contributed by atoms with van der Waals surface area (Å²) in [6.45, 7) is 10.9. The molecule has 1 unspecified atom stereocenters. The summed E-state index contributed by atoms with van der Waals surface area (Å²) >= 11 is 13.6. The summed E-state index contributed by atoms with van der Waals surface area (Å²) in [7, 11) is -13.0. The van der Waals surface area contributed by atoms with Crippen molar-refractivity contribution in [2.24, 2.45) is 0 Å². The largest absolute Gasteiger partial charge is 0.534 e. The number of alkyl halides is 9. The fraction of sp³-hybridized carbons (Fsp3) is 0.373. The lowest BCUT2D eigenvalue weighted by molar-refractivity contribution is -0.172. The van der Waals surface area contributed by atoms with Crippen LogP contribution in [0.5, 0.6) is 18.0 Å². The van der Waals surface area contributed by atoms with Crippen LogP contribution in [0.2, 0.25) is 0 Å². The smallest absolute Gasteiger partial charge is 0.467 e. The number of hydrogen-bond acceptors (Lipinski definition) is 29. The zero-order valence-corrected chi connectivity index (χ0v) is 82.1. The Bertz CT molecular complexity index is 5500. The SMILES string of the molecule is Brc1cccc(Br)c1.Brc1cccc(N2CCC3(CC2)OCCO3)c1.C1CC2(CCN1)OCCO2.COc1ncc(-c2cccc(N3CC=C(OS(=O)(=O)C(F)(F)F)CC3)c2)cn1.COc1ncc(-c2cccc(N3CCC(=O)CC3)c2)cn1.COc1ncc(B(O)O)cn1.Cl.O=C1CCN(c2cccc(Br)c2)CC1.O=S(=O)(N(c1ccccc1)S(=O)(=O)C(F)(F)F)C(F)(F)F.[2H][B]P. The molecule has 50 heteroatoms. The van der Waals surface area contributed by atoms with Gasteiger partial charge in [-0.25, -0.2) is 29.9 Å². The number of rotatable bonds is 15. The summed E-state index contributed by atoms with van der Waals surface area (Å²) in [5, 5.41) is 20.5. The highest BCUT2D eigenvalue weighted by atomic mass is 79.9. The molecular weight excluding hydrogens is 2130 g/mol. The van der Waals surface area contributed by atoms with E-state index in [1.54, 1.807) is 31.9 Å². The maximum Gasteiger partial charge on any atom is 0.534 e. The van der Waals surface area contributed by atoms with Gasteiger partial charge in [-0.3, -0.25) is 9.59 Å². The van der Waals surface area contributed by atoms with E-state index in [1.807, 2.05) is 77.7 Å². The van der Waals surface area contributed by atoms with Gasteiger partial charge in [0.2, 0.25) is 0 Å². The van der Waals surface area contributed by atoms with Crippen molar-refractivity contribution in [1.82, 2.24) is 35.2 Å². The third-order valence-corrected chi connectivity index (χ3v) is 26.4. The summed E-state index contributed by atoms with van der Waals surface area (Å²) in [6.07, 6.45) is 17.3. The van der Waals surface area contributed by atoms with Crippen LogP contribution in [0.1, 0.15) is 57.8 Å². The van der Waals surface area contributed by atoms with Crippen LogP contribution in [0.15, 0.2) is 219 Å². The fourth-order valence-corrected chi connectivity index (χ4v) is 18.2. The number of piperidine rings is 4. The molecule has 30 nitrogen and oxygen atoms in total. The van der Waals surface area contributed by atoms with E-state index in [0.29, 0.717) is 61.9 Å². The molecule has 721 valence electrons. The monoisotopic (exact) mass is 2220 g/mol. The van der Waals surface area contributed by atoms with Crippen molar-refractivity contribution >= 4 is 176 Å². The van der Waals surface area contributed by atoms with Crippen molar-refractivity contribution in [3.05, 3.63) is 219 Å². The summed E-state index contributed by atoms with van der Waals surface area (Å²) in [5.74, 6) is 0.0591. The predicted octanol–water partition coefficient (Wildman–Crippen LogP) is 14.6. The molecule has 16 rings (SSSR count). The van der Waals surface area contributed by atoms with Gasteiger partial charge in [0.15, 0.2) is 11.6 Å². The number of aromatic nitrogens is 6. The molecule has 6 saturated heterocycles. The van der Waals surface area contributed by atoms with E-state index in [4.69, 9.17) is 39.8 Å². The highest BCUT2D eigenvalue weighted by Gasteiger charge is 2.62. The van der Waals surface area contributed by atoms with Gasteiger partial charge in [-0.15, -0.1) is 16.1 Å². The molecule has 9 aromatic rings. The minimum absolute atomic E-state index is 0. The maximum absolute atomic E-state index is 12.4. The molecule has 2 spiro atoms. The van der Waals surface area contributed by atoms with Crippen molar-refractivity contribution in [3.8, 4) is 40.3 Å². The minimum atomic E-state index is -6.81. The fourth-order valence-electron chi connectivity index (χ4n) is 13.1. The number of halogens is 14. The van der Waals surface area contributed by atoms with E-state index in [0.717, 1.165) is 174 Å². The highest BCUT2D eigenvalue weighted by Crippen LogP contribution is 2.40. The normalized spacial score (nSPS) is 16.4. The van der Waals surface area contributed by atoms with Crippen molar-refractivity contribution in [1.29, 1.82) is 1.34 Å². The molecule has 0 aliphatic carbocycles. The molecule has 6 fully saturated rings. The van der Waals surface area contributed by atoms with E-state index in [-0.39, 0.29) is 60.2 Å². The van der Waals surface area contributed by atoms with Crippen molar-refractivity contribution in [2.75, 3.05) is 137 Å². The molecule has 0 amide bonds. The Morgan fingerprint density at radius 2 is 0.805 bits per heavy atom. The van der Waals surface area contributed by atoms with Gasteiger partial charge in [-0.2, -0.15) is 73.9 Å². The standard InChI is InChI=1S/C17H16F3N3O4S.C16H17N3O2.C13H16BrNO2.C11H12BrNO.C8H5F6NO4S2.C7H13NO2.C6H4Br2.C5H7BN2O3.BH3P.ClH/c1-26-16-21-10-13(11-22-16)12-3-2-4-14(9-12)23-7-5-15(6-8-23)27-28(24,25)17(18,19)20;1-21-16-17-10-13(11-18-16)12-3-2-4-14(9-12)19-7-5-15(20)6-8-19;14-11-2-1-3-12(10-11)15-6-4-13(5-7-15)16-8-9-17-13;12-9-2-1-3-10(8-9)13-6-4-11(14)5-7-13;9-7(10,11)20(16,17)15(6-4-2-1-3-5-6)21(18,19)8(12,13)14;1-3-8-4-2-7(1)9-5-6-10-7;7-5-2-1-3-6(8)4-5;1-11-5-7-2-4(3-8-5)6(9)10;1-2;/h2-5,9-11H,6-8H2,1H3;2-4,9-11H,5-8H2,1H3;1-3,10H,4-9H2;1-3,8H,4-7H2;1-5H;8H,1-6H2;1-4H;2-3,9-10H,1H3;1H,2H2;1H/i;;;;;;;;1D;. The van der Waals surface area contributed by atoms with Crippen LogP contribution in [-0.4, -0.2) is 234 Å². The van der Waals surface area contributed by atoms with Crippen LogP contribution in [0.3, 0.4) is 0 Å². The lowest BCUT2D eigenvalue weighted by atomic mass is 9.83. The van der Waals surface area contributed by atoms with Crippen LogP contribution in [0.4, 0.5) is 68.0 Å².